The number of alkyl carbamates (subject to hydrolysis) is 1. The first kappa shape index (κ1) is 18.2. The number of carbonyl (C=O) groups excluding carboxylic acids is 1. The van der Waals surface area contributed by atoms with E-state index in [-0.39, 0.29) is 5.82 Å². The first-order valence-corrected chi connectivity index (χ1v) is 7.35. The van der Waals surface area contributed by atoms with Crippen molar-refractivity contribution in [1.82, 2.24) is 10.6 Å². The summed E-state index contributed by atoms with van der Waals surface area (Å²) in [5.41, 5.74) is 1.21. The molecule has 0 heterocycles. The van der Waals surface area contributed by atoms with Crippen LogP contribution in [0.2, 0.25) is 0 Å². The summed E-state index contributed by atoms with van der Waals surface area (Å²) in [5, 5.41) is 5.87. The highest BCUT2D eigenvalue weighted by Crippen LogP contribution is 2.08. The van der Waals surface area contributed by atoms with Crippen LogP contribution in [0.1, 0.15) is 31.9 Å². The van der Waals surface area contributed by atoms with E-state index in [0.717, 1.165) is 5.56 Å². The highest BCUT2D eigenvalue weighted by Gasteiger charge is 2.14. The third kappa shape index (κ3) is 7.78. The van der Waals surface area contributed by atoms with Gasteiger partial charge in [0.25, 0.3) is 0 Å². The number of ether oxygens (including phenoxy) is 1. The number of hydrogen-bond acceptors (Lipinski definition) is 3. The van der Waals surface area contributed by atoms with Crippen molar-refractivity contribution in [3.05, 3.63) is 47.3 Å². The van der Waals surface area contributed by atoms with Crippen molar-refractivity contribution in [2.45, 2.75) is 39.8 Å². The van der Waals surface area contributed by atoms with Crippen LogP contribution in [0, 0.1) is 12.7 Å². The minimum absolute atomic E-state index is 0.183. The molecule has 1 aromatic carbocycles. The lowest BCUT2D eigenvalue weighted by Gasteiger charge is -2.19. The van der Waals surface area contributed by atoms with Gasteiger partial charge in [-0.25, -0.2) is 9.18 Å². The Morgan fingerprint density at radius 2 is 1.95 bits per heavy atom. The van der Waals surface area contributed by atoms with Crippen LogP contribution in [0.15, 0.2) is 30.4 Å². The summed E-state index contributed by atoms with van der Waals surface area (Å²) in [7, 11) is 0. The molecule has 0 aliphatic heterocycles. The molecule has 0 unspecified atom stereocenters. The maximum Gasteiger partial charge on any atom is 0.407 e. The molecule has 0 bridgehead atoms. The van der Waals surface area contributed by atoms with Crippen molar-refractivity contribution in [1.29, 1.82) is 0 Å². The van der Waals surface area contributed by atoms with Crippen molar-refractivity contribution >= 4 is 6.09 Å². The first-order chi connectivity index (χ1) is 10.3. The molecule has 0 spiro atoms. The molecule has 0 aliphatic rings. The minimum atomic E-state index is -0.483. The summed E-state index contributed by atoms with van der Waals surface area (Å²) < 4.78 is 18.2. The largest absolute Gasteiger partial charge is 0.444 e. The van der Waals surface area contributed by atoms with Gasteiger partial charge in [0.15, 0.2) is 0 Å². The Labute approximate surface area is 131 Å². The smallest absolute Gasteiger partial charge is 0.407 e. The molecule has 4 nitrogen and oxygen atoms in total. The fraction of sp³-hybridized carbons (Fsp3) is 0.471. The molecule has 0 radical (unpaired) electrons. The van der Waals surface area contributed by atoms with E-state index in [4.69, 9.17) is 4.74 Å². The molecule has 0 saturated carbocycles. The van der Waals surface area contributed by atoms with Crippen LogP contribution in [0.5, 0.6) is 0 Å². The van der Waals surface area contributed by atoms with E-state index in [2.05, 4.69) is 10.6 Å². The number of carbonyl (C=O) groups is 1. The van der Waals surface area contributed by atoms with Gasteiger partial charge in [-0.2, -0.15) is 0 Å². The Bertz CT molecular complexity index is 522. The minimum Gasteiger partial charge on any atom is -0.444 e. The highest BCUT2D eigenvalue weighted by atomic mass is 19.1. The summed E-state index contributed by atoms with van der Waals surface area (Å²) in [5.74, 6) is -0.183. The van der Waals surface area contributed by atoms with Crippen LogP contribution in [0.4, 0.5) is 9.18 Å². The van der Waals surface area contributed by atoms with Gasteiger partial charge < -0.3 is 15.4 Å². The lowest BCUT2D eigenvalue weighted by atomic mass is 10.1. The second kappa shape index (κ2) is 8.54. The number of halogens is 1. The molecule has 1 amide bonds. The predicted octanol–water partition coefficient (Wildman–Crippen LogP) is 3.30. The number of hydrogen-bond donors (Lipinski definition) is 2. The second-order valence-corrected chi connectivity index (χ2v) is 6.07. The zero-order valence-electron chi connectivity index (χ0n) is 13.7. The topological polar surface area (TPSA) is 50.4 Å². The molecule has 0 saturated heterocycles. The summed E-state index contributed by atoms with van der Waals surface area (Å²) in [6.45, 7) is 8.99. The Morgan fingerprint density at radius 1 is 1.27 bits per heavy atom. The van der Waals surface area contributed by atoms with Gasteiger partial charge >= 0.3 is 6.09 Å². The Kier molecular flexibility index (Phi) is 7.05. The highest BCUT2D eigenvalue weighted by molar-refractivity contribution is 5.67. The van der Waals surface area contributed by atoms with E-state index in [1.54, 1.807) is 13.0 Å². The number of nitrogens with one attached hydrogen (secondary N) is 2. The molecule has 0 atom stereocenters. The molecule has 0 fully saturated rings. The van der Waals surface area contributed by atoms with Gasteiger partial charge in [-0.05, 0) is 44.9 Å². The number of amides is 1. The molecular weight excluding hydrogens is 283 g/mol. The van der Waals surface area contributed by atoms with E-state index in [1.807, 2.05) is 39.0 Å². The number of rotatable bonds is 6. The van der Waals surface area contributed by atoms with E-state index in [9.17, 15) is 9.18 Å². The molecular formula is C17H25FN2O2. The lowest BCUT2D eigenvalue weighted by Crippen LogP contribution is -2.32. The van der Waals surface area contributed by atoms with Gasteiger partial charge in [-0.3, -0.25) is 0 Å². The van der Waals surface area contributed by atoms with Crippen molar-refractivity contribution in [3.63, 3.8) is 0 Å². The van der Waals surface area contributed by atoms with Crippen LogP contribution in [0.3, 0.4) is 0 Å². The monoisotopic (exact) mass is 308 g/mol. The van der Waals surface area contributed by atoms with Crippen molar-refractivity contribution in [2.24, 2.45) is 0 Å². The summed E-state index contributed by atoms with van der Waals surface area (Å²) >= 11 is 0. The molecule has 1 aromatic rings. The van der Waals surface area contributed by atoms with Crippen LogP contribution < -0.4 is 10.6 Å². The van der Waals surface area contributed by atoms with Gasteiger partial charge in [0.2, 0.25) is 0 Å². The first-order valence-electron chi connectivity index (χ1n) is 7.35. The normalized spacial score (nSPS) is 11.7. The van der Waals surface area contributed by atoms with E-state index < -0.39 is 11.7 Å². The summed E-state index contributed by atoms with van der Waals surface area (Å²) in [6.07, 6.45) is 3.35. The van der Waals surface area contributed by atoms with E-state index >= 15 is 0 Å². The van der Waals surface area contributed by atoms with E-state index in [0.29, 0.717) is 25.2 Å². The van der Waals surface area contributed by atoms with Crippen LogP contribution in [-0.4, -0.2) is 24.8 Å². The molecule has 1 rings (SSSR count). The quantitative estimate of drug-likeness (QED) is 0.626. The van der Waals surface area contributed by atoms with Gasteiger partial charge in [-0.15, -0.1) is 0 Å². The fourth-order valence-electron chi connectivity index (χ4n) is 1.74. The van der Waals surface area contributed by atoms with Crippen molar-refractivity contribution < 1.29 is 13.9 Å². The Balaban J connectivity index is 2.16. The average molecular weight is 308 g/mol. The van der Waals surface area contributed by atoms with Gasteiger partial charge in [0.05, 0.1) is 0 Å². The summed E-state index contributed by atoms with van der Waals surface area (Å²) in [4.78, 5) is 11.4. The second-order valence-electron chi connectivity index (χ2n) is 6.07. The lowest BCUT2D eigenvalue weighted by molar-refractivity contribution is 0.0534. The Hall–Kier alpha value is -1.88. The third-order valence-corrected chi connectivity index (χ3v) is 2.74. The zero-order valence-corrected chi connectivity index (χ0v) is 13.7. The van der Waals surface area contributed by atoms with E-state index in [1.165, 1.54) is 6.07 Å². The molecule has 0 aliphatic carbocycles. The van der Waals surface area contributed by atoms with Crippen molar-refractivity contribution in [2.75, 3.05) is 13.1 Å². The zero-order chi connectivity index (χ0) is 16.6. The maximum atomic E-state index is 13.1. The maximum absolute atomic E-state index is 13.1. The fourth-order valence-corrected chi connectivity index (χ4v) is 1.74. The SMILES string of the molecule is Cc1cc(CNC/C=C/CNC(=O)OC(C)(C)C)ccc1F. The van der Waals surface area contributed by atoms with Crippen LogP contribution >= 0.6 is 0 Å². The van der Waals surface area contributed by atoms with Crippen molar-refractivity contribution in [3.8, 4) is 0 Å². The van der Waals surface area contributed by atoms with Crippen LogP contribution in [0.25, 0.3) is 0 Å². The average Bonchev–Trinajstić information content (AvgIpc) is 2.39. The number of benzene rings is 1. The summed E-state index contributed by atoms with van der Waals surface area (Å²) in [6, 6.07) is 5.08. The molecule has 5 heteroatoms. The predicted molar refractivity (Wildman–Crippen MR) is 86.2 cm³/mol. The van der Waals surface area contributed by atoms with Gasteiger partial charge in [0.1, 0.15) is 11.4 Å². The third-order valence-electron chi connectivity index (χ3n) is 2.74. The van der Waals surface area contributed by atoms with Gasteiger partial charge in [0, 0.05) is 19.6 Å². The Morgan fingerprint density at radius 3 is 2.59 bits per heavy atom. The molecule has 22 heavy (non-hydrogen) atoms. The van der Waals surface area contributed by atoms with Crippen LogP contribution in [-0.2, 0) is 11.3 Å². The number of aryl methyl sites for hydroxylation is 1. The molecule has 2 N–H and O–H groups in total. The molecule has 122 valence electrons. The van der Waals surface area contributed by atoms with Gasteiger partial charge in [-0.1, -0.05) is 24.3 Å². The standard InChI is InChI=1S/C17H25FN2O2/c1-13-11-14(7-8-15(13)18)12-19-9-5-6-10-20-16(21)22-17(2,3)4/h5-8,11,19H,9-10,12H2,1-4H3,(H,20,21)/b6-5+. The molecule has 0 aromatic heterocycles.